The van der Waals surface area contributed by atoms with Gasteiger partial charge in [0, 0.05) is 43.6 Å². The minimum absolute atomic E-state index is 0.491. The molecule has 0 amide bonds. The van der Waals surface area contributed by atoms with E-state index in [4.69, 9.17) is 0 Å². The van der Waals surface area contributed by atoms with Crippen LogP contribution in [0.5, 0.6) is 0 Å². The summed E-state index contributed by atoms with van der Waals surface area (Å²) in [6.07, 6.45) is 0. The lowest BCUT2D eigenvalue weighted by Crippen LogP contribution is -2.60. The van der Waals surface area contributed by atoms with Crippen molar-refractivity contribution < 1.29 is 0 Å². The van der Waals surface area contributed by atoms with Crippen molar-refractivity contribution >= 4 is 12.6 Å². The van der Waals surface area contributed by atoms with Crippen molar-refractivity contribution in [3.05, 3.63) is 0 Å². The predicted molar refractivity (Wildman–Crippen MR) is 69.6 cm³/mol. The second-order valence-electron chi connectivity index (χ2n) is 5.00. The summed E-state index contributed by atoms with van der Waals surface area (Å²) in [4.78, 5) is 4.87. The minimum atomic E-state index is 0.491. The fraction of sp³-hybridized carbons (Fsp3) is 1.00. The van der Waals surface area contributed by atoms with Crippen molar-refractivity contribution in [1.29, 1.82) is 0 Å². The number of nitrogens with zero attached hydrogens (tertiary/aromatic N) is 2. The summed E-state index contributed by atoms with van der Waals surface area (Å²) < 4.78 is 0. The minimum Gasteiger partial charge on any atom is -0.302 e. The van der Waals surface area contributed by atoms with Gasteiger partial charge in [-0.25, -0.2) is 0 Å². The first-order valence-corrected chi connectivity index (χ1v) is 6.34. The molecule has 0 saturated carbocycles. The Morgan fingerprint density at radius 3 is 2.47 bits per heavy atom. The number of rotatable bonds is 6. The molecule has 4 heteroatoms. The van der Waals surface area contributed by atoms with E-state index < -0.39 is 0 Å². The Morgan fingerprint density at radius 1 is 1.40 bits per heavy atom. The van der Waals surface area contributed by atoms with Gasteiger partial charge in [0.25, 0.3) is 0 Å². The average Bonchev–Trinajstić information content (AvgIpc) is 2.06. The summed E-state index contributed by atoms with van der Waals surface area (Å²) >= 11 is 4.41. The van der Waals surface area contributed by atoms with Crippen molar-refractivity contribution in [3.63, 3.8) is 0 Å². The van der Waals surface area contributed by atoms with Crippen molar-refractivity contribution in [1.82, 2.24) is 15.1 Å². The van der Waals surface area contributed by atoms with Gasteiger partial charge in [-0.1, -0.05) is 6.92 Å². The van der Waals surface area contributed by atoms with Crippen LogP contribution in [0.25, 0.3) is 0 Å². The molecule has 0 spiro atoms. The van der Waals surface area contributed by atoms with Gasteiger partial charge in [-0.2, -0.15) is 12.6 Å². The zero-order valence-corrected chi connectivity index (χ0v) is 11.3. The largest absolute Gasteiger partial charge is 0.302 e. The van der Waals surface area contributed by atoms with E-state index in [1.807, 2.05) is 0 Å². The number of thiol groups is 1. The van der Waals surface area contributed by atoms with E-state index in [-0.39, 0.29) is 0 Å². The molecule has 1 N–H and O–H groups in total. The van der Waals surface area contributed by atoms with Crippen molar-refractivity contribution in [2.75, 3.05) is 33.4 Å². The molecule has 15 heavy (non-hydrogen) atoms. The van der Waals surface area contributed by atoms with Gasteiger partial charge in [0.2, 0.25) is 0 Å². The normalized spacial score (nSPS) is 21.0. The molecule has 0 aromatic rings. The van der Waals surface area contributed by atoms with Crippen LogP contribution in [0.4, 0.5) is 0 Å². The zero-order chi connectivity index (χ0) is 11.4. The first kappa shape index (κ1) is 13.3. The Bertz CT molecular complexity index is 179. The molecule has 1 saturated heterocycles. The van der Waals surface area contributed by atoms with Crippen molar-refractivity contribution in [2.24, 2.45) is 0 Å². The van der Waals surface area contributed by atoms with Crippen LogP contribution >= 0.6 is 12.6 Å². The van der Waals surface area contributed by atoms with Crippen molar-refractivity contribution in [3.8, 4) is 0 Å². The highest BCUT2D eigenvalue weighted by Crippen LogP contribution is 2.14. The van der Waals surface area contributed by atoms with Gasteiger partial charge in [-0.15, -0.1) is 0 Å². The molecule has 3 nitrogen and oxygen atoms in total. The lowest BCUT2D eigenvalue weighted by atomic mass is 10.1. The maximum Gasteiger partial charge on any atom is 0.0483 e. The molecule has 0 aliphatic carbocycles. The van der Waals surface area contributed by atoms with Crippen LogP contribution in [0.15, 0.2) is 0 Å². The molecule has 0 bridgehead atoms. The fourth-order valence-corrected chi connectivity index (χ4v) is 2.03. The second-order valence-corrected chi connectivity index (χ2v) is 5.88. The molecule has 0 radical (unpaired) electrons. The molecule has 1 fully saturated rings. The van der Waals surface area contributed by atoms with E-state index in [2.05, 4.69) is 55.6 Å². The summed E-state index contributed by atoms with van der Waals surface area (Å²) in [6, 6.07) is 1.30. The number of nitrogens with one attached hydrogen (secondary N) is 1. The second kappa shape index (κ2) is 6.09. The highest BCUT2D eigenvalue weighted by atomic mass is 32.1. The predicted octanol–water partition coefficient (Wildman–Crippen LogP) is 0.876. The first-order chi connectivity index (χ1) is 6.99. The van der Waals surface area contributed by atoms with Gasteiger partial charge < -0.3 is 5.32 Å². The molecule has 1 aliphatic heterocycles. The first-order valence-electron chi connectivity index (χ1n) is 5.83. The number of hydrogen-bond acceptors (Lipinski definition) is 4. The smallest absolute Gasteiger partial charge is 0.0483 e. The zero-order valence-electron chi connectivity index (χ0n) is 10.4. The standard InChI is InChI=1S/C11H25N3S/c1-9(2)12-8-13(4)11-6-14(7-11)5-10(3)15/h9-12,15H,5-8H2,1-4H3. The third kappa shape index (κ3) is 4.72. The lowest BCUT2D eigenvalue weighted by Gasteiger charge is -2.44. The Balaban J connectivity index is 2.09. The topological polar surface area (TPSA) is 18.5 Å². The number of hydrogen-bond donors (Lipinski definition) is 2. The van der Waals surface area contributed by atoms with Gasteiger partial charge in [-0.05, 0) is 20.9 Å². The van der Waals surface area contributed by atoms with Gasteiger partial charge >= 0.3 is 0 Å². The summed E-state index contributed by atoms with van der Waals surface area (Å²) in [7, 11) is 2.20. The van der Waals surface area contributed by atoms with E-state index in [0.29, 0.717) is 11.3 Å². The average molecular weight is 231 g/mol. The molecule has 90 valence electrons. The van der Waals surface area contributed by atoms with Gasteiger partial charge in [0.15, 0.2) is 0 Å². The SMILES string of the molecule is CC(S)CN1CC(N(C)CNC(C)C)C1. The van der Waals surface area contributed by atoms with E-state index in [9.17, 15) is 0 Å². The van der Waals surface area contributed by atoms with Gasteiger partial charge in [0.05, 0.1) is 0 Å². The highest BCUT2D eigenvalue weighted by molar-refractivity contribution is 7.80. The van der Waals surface area contributed by atoms with Gasteiger partial charge in [0.1, 0.15) is 0 Å². The molecule has 1 aliphatic rings. The third-order valence-corrected chi connectivity index (χ3v) is 3.00. The van der Waals surface area contributed by atoms with Crippen LogP contribution in [0.2, 0.25) is 0 Å². The lowest BCUT2D eigenvalue weighted by molar-refractivity contribution is 0.0451. The van der Waals surface area contributed by atoms with Crippen LogP contribution in [0.1, 0.15) is 20.8 Å². The molecule has 0 aromatic heterocycles. The van der Waals surface area contributed by atoms with Crippen LogP contribution in [-0.4, -0.2) is 60.5 Å². The molecular formula is C11H25N3S. The molecule has 1 heterocycles. The van der Waals surface area contributed by atoms with Crippen LogP contribution < -0.4 is 5.32 Å². The molecular weight excluding hydrogens is 206 g/mol. The molecule has 1 rings (SSSR count). The summed E-state index contributed by atoms with van der Waals surface area (Å²) in [5, 5.41) is 3.93. The summed E-state index contributed by atoms with van der Waals surface area (Å²) in [6.45, 7) is 11.0. The Hall–Kier alpha value is 0.230. The monoisotopic (exact) mass is 231 g/mol. The van der Waals surface area contributed by atoms with E-state index in [1.165, 1.54) is 13.1 Å². The van der Waals surface area contributed by atoms with Crippen LogP contribution in [0.3, 0.4) is 0 Å². The fourth-order valence-electron chi connectivity index (χ4n) is 1.80. The van der Waals surface area contributed by atoms with Crippen LogP contribution in [0, 0.1) is 0 Å². The van der Waals surface area contributed by atoms with E-state index >= 15 is 0 Å². The third-order valence-electron chi connectivity index (χ3n) is 2.83. The van der Waals surface area contributed by atoms with E-state index in [1.54, 1.807) is 0 Å². The Kier molecular flexibility index (Phi) is 5.39. The highest BCUT2D eigenvalue weighted by Gasteiger charge is 2.29. The van der Waals surface area contributed by atoms with Crippen molar-refractivity contribution in [2.45, 2.75) is 38.1 Å². The number of likely N-dealkylation sites (tertiary alicyclic amines) is 1. The summed E-state index contributed by atoms with van der Waals surface area (Å²) in [5.74, 6) is 0. The summed E-state index contributed by atoms with van der Waals surface area (Å²) in [5.41, 5.74) is 0. The Labute approximate surface area is 99.6 Å². The van der Waals surface area contributed by atoms with Gasteiger partial charge in [-0.3, -0.25) is 9.80 Å². The number of likely N-dealkylation sites (N-methyl/N-ethyl adjacent to an activating group) is 1. The molecule has 1 unspecified atom stereocenters. The Morgan fingerprint density at radius 2 is 2.00 bits per heavy atom. The quantitative estimate of drug-likeness (QED) is 0.522. The maximum absolute atomic E-state index is 4.41. The molecule has 0 aromatic carbocycles. The maximum atomic E-state index is 4.41. The van der Waals surface area contributed by atoms with Crippen LogP contribution in [-0.2, 0) is 0 Å². The molecule has 1 atom stereocenters. The van der Waals surface area contributed by atoms with E-state index in [0.717, 1.165) is 19.3 Å².